The maximum Gasteiger partial charge on any atom is 0.338 e. The van der Waals surface area contributed by atoms with Crippen molar-refractivity contribution < 1.29 is 14.3 Å². The molecule has 158 valence electrons. The molecule has 30 heavy (non-hydrogen) atoms. The molecule has 2 fully saturated rings. The number of likely N-dealkylation sites (N-methyl/N-ethyl adjacent to an activating group) is 1. The van der Waals surface area contributed by atoms with Crippen LogP contribution in [-0.4, -0.2) is 81.3 Å². The zero-order valence-electron chi connectivity index (χ0n) is 17.4. The number of guanidine groups is 1. The third-order valence-electron chi connectivity index (χ3n) is 5.39. The van der Waals surface area contributed by atoms with Crippen molar-refractivity contribution in [2.75, 3.05) is 64.5 Å². The van der Waals surface area contributed by atoms with E-state index in [0.717, 1.165) is 56.7 Å². The van der Waals surface area contributed by atoms with Gasteiger partial charge in [0.05, 0.1) is 36.7 Å². The summed E-state index contributed by atoms with van der Waals surface area (Å²) in [6.45, 7) is 5.91. The van der Waals surface area contributed by atoms with Crippen molar-refractivity contribution in [3.05, 3.63) is 60.2 Å². The molecule has 2 aromatic carbocycles. The molecule has 7 heteroatoms. The van der Waals surface area contributed by atoms with Crippen molar-refractivity contribution >= 4 is 23.3 Å². The second kappa shape index (κ2) is 9.63. The Kier molecular flexibility index (Phi) is 6.49. The maximum atomic E-state index is 12.2. The molecule has 0 aromatic heterocycles. The molecule has 0 atom stereocenters. The summed E-state index contributed by atoms with van der Waals surface area (Å²) >= 11 is 0. The highest BCUT2D eigenvalue weighted by atomic mass is 16.5. The number of nitrogens with zero attached hydrogens (tertiary/aromatic N) is 4. The van der Waals surface area contributed by atoms with E-state index in [1.165, 1.54) is 0 Å². The quantitative estimate of drug-likeness (QED) is 0.685. The molecule has 0 N–H and O–H groups in total. The molecule has 0 spiro atoms. The van der Waals surface area contributed by atoms with Gasteiger partial charge >= 0.3 is 5.97 Å². The van der Waals surface area contributed by atoms with Crippen molar-refractivity contribution in [3.8, 4) is 0 Å². The lowest BCUT2D eigenvalue weighted by molar-refractivity contribution is 0.0488. The van der Waals surface area contributed by atoms with Crippen LogP contribution in [0.3, 0.4) is 0 Å². The van der Waals surface area contributed by atoms with Gasteiger partial charge in [-0.1, -0.05) is 30.3 Å². The van der Waals surface area contributed by atoms with Crippen LogP contribution in [0.4, 0.5) is 11.4 Å². The first-order valence-electron chi connectivity index (χ1n) is 10.4. The number of anilines is 1. The highest BCUT2D eigenvalue weighted by Gasteiger charge is 2.25. The predicted octanol–water partition coefficient (Wildman–Crippen LogP) is 2.62. The van der Waals surface area contributed by atoms with Crippen molar-refractivity contribution in [3.63, 3.8) is 0 Å². The van der Waals surface area contributed by atoms with Crippen molar-refractivity contribution in [2.24, 2.45) is 4.99 Å². The smallest absolute Gasteiger partial charge is 0.338 e. The highest BCUT2D eigenvalue weighted by molar-refractivity contribution is 5.89. The van der Waals surface area contributed by atoms with Gasteiger partial charge in [0.25, 0.3) is 0 Å². The third kappa shape index (κ3) is 4.74. The number of benzene rings is 2. The molecule has 2 aromatic rings. The molecule has 7 nitrogen and oxygen atoms in total. The van der Waals surface area contributed by atoms with Crippen molar-refractivity contribution in [1.29, 1.82) is 0 Å². The molecule has 0 amide bonds. The molecule has 0 bridgehead atoms. The maximum absolute atomic E-state index is 12.2. The number of hydrogen-bond donors (Lipinski definition) is 0. The Morgan fingerprint density at radius 2 is 1.73 bits per heavy atom. The van der Waals surface area contributed by atoms with Crippen LogP contribution < -0.4 is 4.90 Å². The first-order valence-corrected chi connectivity index (χ1v) is 10.4. The lowest BCUT2D eigenvalue weighted by Gasteiger charge is -2.30. The number of aliphatic imine (C=N–C) groups is 1. The molecule has 2 heterocycles. The van der Waals surface area contributed by atoms with E-state index in [1.807, 2.05) is 37.4 Å². The Balaban J connectivity index is 1.44. The topological polar surface area (TPSA) is 57.6 Å². The summed E-state index contributed by atoms with van der Waals surface area (Å²) < 4.78 is 11.0. The average molecular weight is 409 g/mol. The van der Waals surface area contributed by atoms with E-state index < -0.39 is 0 Å². The Hall–Kier alpha value is -3.06. The molecular formula is C23H28N4O3. The Labute approximate surface area is 177 Å². The fourth-order valence-corrected chi connectivity index (χ4v) is 3.72. The van der Waals surface area contributed by atoms with Gasteiger partial charge < -0.3 is 24.2 Å². The summed E-state index contributed by atoms with van der Waals surface area (Å²) in [6.07, 6.45) is 0. The van der Waals surface area contributed by atoms with Crippen LogP contribution in [0.5, 0.6) is 0 Å². The van der Waals surface area contributed by atoms with E-state index in [2.05, 4.69) is 26.8 Å². The van der Waals surface area contributed by atoms with Crippen LogP contribution in [0.15, 0.2) is 59.6 Å². The first kappa shape index (κ1) is 20.2. The fraction of sp³-hybridized carbons (Fsp3) is 0.391. The van der Waals surface area contributed by atoms with Crippen LogP contribution in [0.2, 0.25) is 0 Å². The SMILES string of the molecule is CN1CCN(CCOC(=O)c2ccccc2)/C1=N/c1ccccc1N1CCOCC1. The third-order valence-corrected chi connectivity index (χ3v) is 5.39. The van der Waals surface area contributed by atoms with Gasteiger partial charge in [0.15, 0.2) is 0 Å². The number of hydrogen-bond acceptors (Lipinski definition) is 5. The van der Waals surface area contributed by atoms with Gasteiger partial charge in [0, 0.05) is 33.2 Å². The molecular weight excluding hydrogens is 380 g/mol. The van der Waals surface area contributed by atoms with Crippen LogP contribution in [-0.2, 0) is 9.47 Å². The number of carbonyl (C=O) groups is 1. The van der Waals surface area contributed by atoms with Gasteiger partial charge in [0.2, 0.25) is 5.96 Å². The summed E-state index contributed by atoms with van der Waals surface area (Å²) in [5.74, 6) is 0.616. The van der Waals surface area contributed by atoms with Gasteiger partial charge in [-0.05, 0) is 24.3 Å². The molecule has 0 radical (unpaired) electrons. The van der Waals surface area contributed by atoms with Gasteiger partial charge in [-0.25, -0.2) is 9.79 Å². The van der Waals surface area contributed by atoms with E-state index >= 15 is 0 Å². The zero-order valence-corrected chi connectivity index (χ0v) is 17.4. The second-order valence-electron chi connectivity index (χ2n) is 7.41. The Morgan fingerprint density at radius 3 is 2.53 bits per heavy atom. The van der Waals surface area contributed by atoms with E-state index in [0.29, 0.717) is 18.7 Å². The molecule has 0 unspecified atom stereocenters. The fourth-order valence-electron chi connectivity index (χ4n) is 3.72. The number of carbonyl (C=O) groups excluding carboxylic acids is 1. The monoisotopic (exact) mass is 408 g/mol. The second-order valence-corrected chi connectivity index (χ2v) is 7.41. The minimum atomic E-state index is -0.292. The van der Waals surface area contributed by atoms with E-state index in [4.69, 9.17) is 14.5 Å². The Morgan fingerprint density at radius 1 is 1.00 bits per heavy atom. The van der Waals surface area contributed by atoms with Gasteiger partial charge in [0.1, 0.15) is 6.61 Å². The van der Waals surface area contributed by atoms with E-state index in [1.54, 1.807) is 12.1 Å². The lowest BCUT2D eigenvalue weighted by Crippen LogP contribution is -2.36. The van der Waals surface area contributed by atoms with Gasteiger partial charge in [-0.15, -0.1) is 0 Å². The van der Waals surface area contributed by atoms with E-state index in [9.17, 15) is 4.79 Å². The lowest BCUT2D eigenvalue weighted by atomic mass is 10.2. The minimum Gasteiger partial charge on any atom is -0.460 e. The molecule has 0 saturated carbocycles. The van der Waals surface area contributed by atoms with Gasteiger partial charge in [-0.3, -0.25) is 0 Å². The standard InChI is InChI=1S/C23H28N4O3/c1-25-11-12-27(15-18-30-22(28)19-7-3-2-4-8-19)23(25)24-20-9-5-6-10-21(20)26-13-16-29-17-14-26/h2-10H,11-18H2,1H3/b24-23+. The average Bonchev–Trinajstić information content (AvgIpc) is 3.14. The first-order chi connectivity index (χ1) is 14.7. The molecule has 0 aliphatic carbocycles. The zero-order chi connectivity index (χ0) is 20.8. The van der Waals surface area contributed by atoms with Gasteiger partial charge in [-0.2, -0.15) is 0 Å². The number of para-hydroxylation sites is 2. The summed E-state index contributed by atoms with van der Waals surface area (Å²) in [4.78, 5) is 23.8. The van der Waals surface area contributed by atoms with Crippen molar-refractivity contribution in [1.82, 2.24) is 9.80 Å². The number of rotatable bonds is 6. The van der Waals surface area contributed by atoms with Crippen LogP contribution in [0.25, 0.3) is 0 Å². The largest absolute Gasteiger partial charge is 0.460 e. The normalized spacial score (nSPS) is 18.2. The number of esters is 1. The summed E-state index contributed by atoms with van der Waals surface area (Å²) in [5.41, 5.74) is 2.66. The van der Waals surface area contributed by atoms with Crippen LogP contribution in [0.1, 0.15) is 10.4 Å². The Bertz CT molecular complexity index is 881. The summed E-state index contributed by atoms with van der Waals surface area (Å²) in [5, 5.41) is 0. The van der Waals surface area contributed by atoms with Crippen LogP contribution >= 0.6 is 0 Å². The van der Waals surface area contributed by atoms with Crippen LogP contribution in [0, 0.1) is 0 Å². The van der Waals surface area contributed by atoms with Crippen molar-refractivity contribution in [2.45, 2.75) is 0 Å². The molecule has 2 aliphatic heterocycles. The van der Waals surface area contributed by atoms with E-state index in [-0.39, 0.29) is 5.97 Å². The number of morpholine rings is 1. The predicted molar refractivity (Wildman–Crippen MR) is 117 cm³/mol. The highest BCUT2D eigenvalue weighted by Crippen LogP contribution is 2.30. The number of ether oxygens (including phenoxy) is 2. The molecule has 4 rings (SSSR count). The minimum absolute atomic E-state index is 0.292. The molecule has 2 saturated heterocycles. The summed E-state index contributed by atoms with van der Waals surface area (Å²) in [6, 6.07) is 17.3. The molecule has 2 aliphatic rings. The summed E-state index contributed by atoms with van der Waals surface area (Å²) in [7, 11) is 2.05.